The Morgan fingerprint density at radius 1 is 1.14 bits per heavy atom. The third-order valence-electron chi connectivity index (χ3n) is 3.30. The van der Waals surface area contributed by atoms with Gasteiger partial charge in [0, 0.05) is 11.1 Å². The fourth-order valence-corrected chi connectivity index (χ4v) is 2.34. The zero-order valence-electron chi connectivity index (χ0n) is 10.8. The second-order valence-electron chi connectivity index (χ2n) is 4.63. The van der Waals surface area contributed by atoms with E-state index in [-0.39, 0.29) is 17.9 Å². The number of fused-ring (bicyclic) bond motifs is 1. The Bertz CT molecular complexity index is 747. The van der Waals surface area contributed by atoms with Crippen molar-refractivity contribution in [3.63, 3.8) is 0 Å². The van der Waals surface area contributed by atoms with E-state index in [9.17, 15) is 19.4 Å². The van der Waals surface area contributed by atoms with Gasteiger partial charge in [-0.3, -0.25) is 0 Å². The van der Waals surface area contributed by atoms with Crippen LogP contribution in [0.4, 0.5) is 4.39 Å². The number of carbonyl (C=O) groups is 1. The van der Waals surface area contributed by atoms with E-state index in [1.54, 1.807) is 6.07 Å². The van der Waals surface area contributed by atoms with E-state index in [1.165, 1.54) is 36.4 Å². The molecule has 0 unspecified atom stereocenters. The molecule has 0 bridgehead atoms. The molecule has 21 heavy (non-hydrogen) atoms. The molecule has 5 heteroatoms. The molecule has 0 atom stereocenters. The van der Waals surface area contributed by atoms with Gasteiger partial charge in [-0.25, -0.2) is 9.18 Å². The van der Waals surface area contributed by atoms with Crippen molar-refractivity contribution in [1.29, 1.82) is 0 Å². The molecule has 0 saturated heterocycles. The number of hydrogen-bond donors (Lipinski definition) is 2. The molecule has 1 aliphatic rings. The number of rotatable bonds is 2. The molecular formula is C16H11FO4. The van der Waals surface area contributed by atoms with Crippen molar-refractivity contribution in [3.05, 3.63) is 65.0 Å². The molecule has 0 saturated carbocycles. The average molecular weight is 286 g/mol. The van der Waals surface area contributed by atoms with Crippen molar-refractivity contribution in [1.82, 2.24) is 0 Å². The first kappa shape index (κ1) is 13.2. The van der Waals surface area contributed by atoms with Crippen molar-refractivity contribution in [3.8, 4) is 11.5 Å². The molecule has 0 aromatic heterocycles. The second-order valence-corrected chi connectivity index (χ2v) is 4.63. The van der Waals surface area contributed by atoms with Gasteiger partial charge in [-0.2, -0.15) is 0 Å². The first-order valence-corrected chi connectivity index (χ1v) is 6.25. The predicted octanol–water partition coefficient (Wildman–Crippen LogP) is 2.81. The zero-order valence-corrected chi connectivity index (χ0v) is 10.8. The Morgan fingerprint density at radius 2 is 1.86 bits per heavy atom. The van der Waals surface area contributed by atoms with E-state index < -0.39 is 11.8 Å². The zero-order chi connectivity index (χ0) is 15.0. The number of aliphatic carboxylic acids is 1. The van der Waals surface area contributed by atoms with Gasteiger partial charge in [-0.05, 0) is 35.9 Å². The van der Waals surface area contributed by atoms with Crippen LogP contribution in [0.1, 0.15) is 11.1 Å². The molecular weight excluding hydrogens is 275 g/mol. The lowest BCUT2D eigenvalue weighted by molar-refractivity contribution is -0.133. The number of ether oxygens (including phenoxy) is 1. The predicted molar refractivity (Wildman–Crippen MR) is 73.7 cm³/mol. The number of benzene rings is 2. The molecule has 0 spiro atoms. The van der Waals surface area contributed by atoms with Crippen molar-refractivity contribution in [2.24, 2.45) is 0 Å². The van der Waals surface area contributed by atoms with Crippen LogP contribution in [0.15, 0.2) is 48.0 Å². The standard InChI is InChI=1S/C16H11FO4/c17-10-3-1-9(2-4-10)15-12-7-11(18)5-6-14(12)21-8-13(15)16(19)20/h1-7,18H,8H2,(H,19,20). The Morgan fingerprint density at radius 3 is 2.52 bits per heavy atom. The Hall–Kier alpha value is -2.82. The van der Waals surface area contributed by atoms with E-state index in [0.717, 1.165) is 0 Å². The minimum absolute atomic E-state index is 0.00333. The van der Waals surface area contributed by atoms with Crippen LogP contribution in [-0.4, -0.2) is 22.8 Å². The molecule has 106 valence electrons. The highest BCUT2D eigenvalue weighted by Crippen LogP contribution is 2.39. The molecule has 0 radical (unpaired) electrons. The first-order valence-electron chi connectivity index (χ1n) is 6.25. The van der Waals surface area contributed by atoms with Gasteiger partial charge >= 0.3 is 5.97 Å². The second kappa shape index (κ2) is 4.94. The molecule has 2 aromatic rings. The molecule has 2 N–H and O–H groups in total. The highest BCUT2D eigenvalue weighted by Gasteiger charge is 2.26. The quantitative estimate of drug-likeness (QED) is 0.891. The summed E-state index contributed by atoms with van der Waals surface area (Å²) in [6.45, 7) is -0.0835. The van der Waals surface area contributed by atoms with Crippen LogP contribution in [0, 0.1) is 5.82 Å². The molecule has 4 nitrogen and oxygen atoms in total. The summed E-state index contributed by atoms with van der Waals surface area (Å²) in [5.41, 5.74) is 1.54. The van der Waals surface area contributed by atoms with Gasteiger partial charge in [0.1, 0.15) is 23.9 Å². The summed E-state index contributed by atoms with van der Waals surface area (Å²) in [5, 5.41) is 19.0. The fourth-order valence-electron chi connectivity index (χ4n) is 2.34. The highest BCUT2D eigenvalue weighted by molar-refractivity contribution is 6.03. The van der Waals surface area contributed by atoms with Gasteiger partial charge in [0.05, 0.1) is 5.57 Å². The highest BCUT2D eigenvalue weighted by atomic mass is 19.1. The van der Waals surface area contributed by atoms with Gasteiger partial charge in [0.2, 0.25) is 0 Å². The Kier molecular flexibility index (Phi) is 3.10. The van der Waals surface area contributed by atoms with Crippen LogP contribution in [0.5, 0.6) is 11.5 Å². The lowest BCUT2D eigenvalue weighted by Crippen LogP contribution is -2.18. The average Bonchev–Trinajstić information content (AvgIpc) is 2.47. The summed E-state index contributed by atoms with van der Waals surface area (Å²) in [4.78, 5) is 11.4. The van der Waals surface area contributed by atoms with Gasteiger partial charge in [0.25, 0.3) is 0 Å². The van der Waals surface area contributed by atoms with Crippen molar-refractivity contribution < 1.29 is 24.1 Å². The summed E-state index contributed by atoms with van der Waals surface area (Å²) in [6, 6.07) is 10.0. The van der Waals surface area contributed by atoms with Crippen molar-refractivity contribution in [2.75, 3.05) is 6.61 Å². The van der Waals surface area contributed by atoms with Crippen LogP contribution < -0.4 is 4.74 Å². The van der Waals surface area contributed by atoms with Crippen LogP contribution >= 0.6 is 0 Å². The molecule has 0 aliphatic carbocycles. The number of aromatic hydroxyl groups is 1. The molecule has 1 aliphatic heterocycles. The van der Waals surface area contributed by atoms with Gasteiger partial charge in [-0.15, -0.1) is 0 Å². The number of hydrogen-bond acceptors (Lipinski definition) is 3. The number of halogens is 1. The monoisotopic (exact) mass is 286 g/mol. The fraction of sp³-hybridized carbons (Fsp3) is 0.0625. The Labute approximate surface area is 119 Å². The summed E-state index contributed by atoms with van der Waals surface area (Å²) in [7, 11) is 0. The summed E-state index contributed by atoms with van der Waals surface area (Å²) >= 11 is 0. The van der Waals surface area contributed by atoms with Crippen LogP contribution in [0.25, 0.3) is 5.57 Å². The maximum atomic E-state index is 13.1. The van der Waals surface area contributed by atoms with E-state index >= 15 is 0 Å². The molecule has 2 aromatic carbocycles. The van der Waals surface area contributed by atoms with Crippen LogP contribution in [-0.2, 0) is 4.79 Å². The van der Waals surface area contributed by atoms with E-state index in [4.69, 9.17) is 4.74 Å². The van der Waals surface area contributed by atoms with E-state index in [1.807, 2.05) is 0 Å². The molecule has 1 heterocycles. The maximum Gasteiger partial charge on any atom is 0.335 e. The molecule has 0 amide bonds. The van der Waals surface area contributed by atoms with Crippen molar-refractivity contribution >= 4 is 11.5 Å². The SMILES string of the molecule is O=C(O)C1=C(c2ccc(F)cc2)c2cc(O)ccc2OC1. The smallest absolute Gasteiger partial charge is 0.335 e. The largest absolute Gasteiger partial charge is 0.508 e. The topological polar surface area (TPSA) is 66.8 Å². The normalized spacial score (nSPS) is 13.6. The van der Waals surface area contributed by atoms with Gasteiger partial charge < -0.3 is 14.9 Å². The number of phenols is 1. The Balaban J connectivity index is 2.27. The summed E-state index contributed by atoms with van der Waals surface area (Å²) in [5.74, 6) is -1.02. The lowest BCUT2D eigenvalue weighted by atomic mass is 9.91. The first-order chi connectivity index (χ1) is 10.1. The van der Waals surface area contributed by atoms with E-state index in [0.29, 0.717) is 22.4 Å². The minimum Gasteiger partial charge on any atom is -0.508 e. The number of phenolic OH excluding ortho intramolecular Hbond substituents is 1. The maximum absolute atomic E-state index is 13.1. The third-order valence-corrected chi connectivity index (χ3v) is 3.30. The van der Waals surface area contributed by atoms with Gasteiger partial charge in [0.15, 0.2) is 0 Å². The molecule has 0 fully saturated rings. The third kappa shape index (κ3) is 2.33. The number of carboxylic acid groups (broad SMARTS) is 1. The minimum atomic E-state index is -1.11. The summed E-state index contributed by atoms with van der Waals surface area (Å²) in [6.07, 6.45) is 0. The van der Waals surface area contributed by atoms with Gasteiger partial charge in [-0.1, -0.05) is 12.1 Å². The van der Waals surface area contributed by atoms with Crippen LogP contribution in [0.3, 0.4) is 0 Å². The summed E-state index contributed by atoms with van der Waals surface area (Å²) < 4.78 is 18.5. The number of carboxylic acids is 1. The lowest BCUT2D eigenvalue weighted by Gasteiger charge is -2.22. The van der Waals surface area contributed by atoms with Crippen molar-refractivity contribution in [2.45, 2.75) is 0 Å². The van der Waals surface area contributed by atoms with Crippen LogP contribution in [0.2, 0.25) is 0 Å². The van der Waals surface area contributed by atoms with E-state index in [2.05, 4.69) is 0 Å². The molecule has 3 rings (SSSR count).